The number of rotatable bonds is 11. The Bertz CT molecular complexity index is 2050. The first kappa shape index (κ1) is 32.6. The van der Waals surface area contributed by atoms with E-state index in [2.05, 4.69) is 20.0 Å². The zero-order valence-corrected chi connectivity index (χ0v) is 26.8. The zero-order valence-electron chi connectivity index (χ0n) is 24.5. The van der Waals surface area contributed by atoms with Gasteiger partial charge in [-0.05, 0) is 66.7 Å². The van der Waals surface area contributed by atoms with E-state index in [9.17, 15) is 18.0 Å². The minimum Gasteiger partial charge on any atom is -0.493 e. The number of H-pyrrole nitrogens is 1. The number of nitrogens with one attached hydrogen (secondary N) is 4. The Kier molecular flexibility index (Phi) is 9.68. The van der Waals surface area contributed by atoms with Gasteiger partial charge < -0.3 is 19.9 Å². The van der Waals surface area contributed by atoms with Gasteiger partial charge in [0.2, 0.25) is 5.91 Å². The molecule has 0 saturated carbocycles. The second-order valence-electron chi connectivity index (χ2n) is 10.2. The maximum atomic E-state index is 13.2. The average molecular weight is 684 g/mol. The van der Waals surface area contributed by atoms with Gasteiger partial charge in [-0.2, -0.15) is 0 Å². The number of anilines is 3. The first-order valence-corrected chi connectivity index (χ1v) is 15.9. The normalized spacial score (nSPS) is 11.2. The fourth-order valence-electron chi connectivity index (χ4n) is 4.41. The third-order valence-corrected chi connectivity index (χ3v) is 8.79. The average Bonchev–Trinajstić information content (AvgIpc) is 3.45. The summed E-state index contributed by atoms with van der Waals surface area (Å²) in [6.45, 7) is -0.0719. The van der Waals surface area contributed by atoms with E-state index in [0.29, 0.717) is 22.1 Å². The van der Waals surface area contributed by atoms with E-state index < -0.39 is 21.8 Å². The monoisotopic (exact) mass is 682 g/mol. The number of imidazole rings is 1. The Labute approximate surface area is 274 Å². The SMILES string of the molecule is CN(C)c1ccc2nc(-c3cc(NC(=O)c4ccc(NS(=O)(=O)c5cccc(OCCC(=O)NO)c5)cc4Cl)ccc3Cl)[nH]c2c1. The highest BCUT2D eigenvalue weighted by atomic mass is 35.5. The van der Waals surface area contributed by atoms with E-state index in [0.717, 1.165) is 16.7 Å². The molecule has 5 aromatic rings. The lowest BCUT2D eigenvalue weighted by Gasteiger charge is -2.12. The van der Waals surface area contributed by atoms with Crippen molar-refractivity contribution in [2.45, 2.75) is 11.3 Å². The van der Waals surface area contributed by atoms with Gasteiger partial charge in [-0.1, -0.05) is 29.3 Å². The fourth-order valence-corrected chi connectivity index (χ4v) is 5.97. The largest absolute Gasteiger partial charge is 0.493 e. The maximum Gasteiger partial charge on any atom is 0.262 e. The molecule has 46 heavy (non-hydrogen) atoms. The van der Waals surface area contributed by atoms with Gasteiger partial charge in [0.25, 0.3) is 15.9 Å². The van der Waals surface area contributed by atoms with Crippen molar-refractivity contribution in [3.05, 3.63) is 94.5 Å². The van der Waals surface area contributed by atoms with E-state index in [1.807, 2.05) is 37.2 Å². The lowest BCUT2D eigenvalue weighted by Crippen LogP contribution is -2.20. The zero-order chi connectivity index (χ0) is 33.0. The number of nitrogens with zero attached hydrogens (tertiary/aromatic N) is 2. The molecule has 5 N–H and O–H groups in total. The molecule has 0 spiro atoms. The summed E-state index contributed by atoms with van der Waals surface area (Å²) in [4.78, 5) is 34.1. The molecule has 0 unspecified atom stereocenters. The third-order valence-electron chi connectivity index (χ3n) is 6.77. The Morgan fingerprint density at radius 2 is 1.74 bits per heavy atom. The molecule has 4 aromatic carbocycles. The molecule has 15 heteroatoms. The van der Waals surface area contributed by atoms with Crippen molar-refractivity contribution in [1.82, 2.24) is 15.4 Å². The van der Waals surface area contributed by atoms with Crippen LogP contribution in [0.3, 0.4) is 0 Å². The predicted molar refractivity (Wildman–Crippen MR) is 178 cm³/mol. The number of hydroxylamine groups is 1. The van der Waals surface area contributed by atoms with E-state index >= 15 is 0 Å². The van der Waals surface area contributed by atoms with Gasteiger partial charge in [-0.15, -0.1) is 0 Å². The molecule has 0 saturated heterocycles. The third kappa shape index (κ3) is 7.51. The second-order valence-corrected chi connectivity index (χ2v) is 12.7. The van der Waals surface area contributed by atoms with E-state index in [1.165, 1.54) is 47.9 Å². The molecule has 0 aliphatic heterocycles. The summed E-state index contributed by atoms with van der Waals surface area (Å²) in [5.74, 6) is -0.415. The van der Waals surface area contributed by atoms with E-state index in [4.69, 9.17) is 33.1 Å². The van der Waals surface area contributed by atoms with Crippen molar-refractivity contribution in [3.63, 3.8) is 0 Å². The van der Waals surface area contributed by atoms with Crippen LogP contribution in [0, 0.1) is 0 Å². The van der Waals surface area contributed by atoms with Crippen LogP contribution in [0.5, 0.6) is 5.75 Å². The van der Waals surface area contributed by atoms with Crippen molar-refractivity contribution in [2.75, 3.05) is 35.6 Å². The molecule has 5 rings (SSSR count). The molecule has 1 aromatic heterocycles. The molecule has 2 amide bonds. The summed E-state index contributed by atoms with van der Waals surface area (Å²) in [6.07, 6.45) is -0.122. The summed E-state index contributed by atoms with van der Waals surface area (Å²) in [6, 6.07) is 20.6. The number of amides is 2. The van der Waals surface area contributed by atoms with Crippen molar-refractivity contribution < 1.29 is 28.0 Å². The number of hydrogen-bond acceptors (Lipinski definition) is 8. The minimum absolute atomic E-state index is 0.0140. The van der Waals surface area contributed by atoms with Gasteiger partial charge in [0.1, 0.15) is 11.6 Å². The van der Waals surface area contributed by atoms with Gasteiger partial charge in [0.15, 0.2) is 0 Å². The number of aromatic nitrogens is 2. The number of aromatic amines is 1. The highest BCUT2D eigenvalue weighted by Gasteiger charge is 2.18. The van der Waals surface area contributed by atoms with Gasteiger partial charge in [-0.25, -0.2) is 18.9 Å². The summed E-state index contributed by atoms with van der Waals surface area (Å²) in [5, 5.41) is 11.8. The Morgan fingerprint density at radius 1 is 0.957 bits per heavy atom. The van der Waals surface area contributed by atoms with Crippen molar-refractivity contribution in [3.8, 4) is 17.1 Å². The molecule has 0 aliphatic carbocycles. The topological polar surface area (TPSA) is 166 Å². The molecule has 0 bridgehead atoms. The van der Waals surface area contributed by atoms with Crippen molar-refractivity contribution in [1.29, 1.82) is 0 Å². The van der Waals surface area contributed by atoms with Crippen molar-refractivity contribution >= 4 is 73.1 Å². The Morgan fingerprint density at radius 3 is 2.48 bits per heavy atom. The number of fused-ring (bicyclic) bond motifs is 1. The van der Waals surface area contributed by atoms with Crippen LogP contribution in [-0.2, 0) is 14.8 Å². The first-order valence-electron chi connectivity index (χ1n) is 13.7. The van der Waals surface area contributed by atoms with Crippen molar-refractivity contribution in [2.24, 2.45) is 0 Å². The minimum atomic E-state index is -4.06. The van der Waals surface area contributed by atoms with Crippen LogP contribution < -0.4 is 25.2 Å². The van der Waals surface area contributed by atoms with Gasteiger partial charge in [0, 0.05) is 37.1 Å². The lowest BCUT2D eigenvalue weighted by molar-refractivity contribution is -0.129. The standard InChI is InChI=1S/C31H28Cl2N6O6S/c1-39(2)20-8-11-27-28(16-20)36-30(35-27)24-14-18(7-10-25(24)32)34-31(41)23-9-6-19(15-26(23)33)38-46(43,44)22-5-3-4-21(17-22)45-13-12-29(40)37-42/h3-11,14-17,38,42H,12-13H2,1-2H3,(H,34,41)(H,35,36)(H,37,40). The Balaban J connectivity index is 1.29. The predicted octanol–water partition coefficient (Wildman–Crippen LogP) is 5.93. The Hall–Kier alpha value is -4.82. The van der Waals surface area contributed by atoms with Crippen LogP contribution >= 0.6 is 23.2 Å². The molecule has 0 fully saturated rings. The lowest BCUT2D eigenvalue weighted by atomic mass is 10.1. The summed E-state index contributed by atoms with van der Waals surface area (Å²) < 4.78 is 33.9. The second kappa shape index (κ2) is 13.7. The number of carbonyl (C=O) groups is 2. The summed E-state index contributed by atoms with van der Waals surface area (Å²) >= 11 is 12.9. The number of halogens is 2. The van der Waals surface area contributed by atoms with Crippen LogP contribution in [0.1, 0.15) is 16.8 Å². The van der Waals surface area contributed by atoms with Gasteiger partial charge in [0.05, 0.1) is 50.3 Å². The van der Waals surface area contributed by atoms with Gasteiger partial charge in [-0.3, -0.25) is 19.5 Å². The van der Waals surface area contributed by atoms with E-state index in [1.54, 1.807) is 18.2 Å². The van der Waals surface area contributed by atoms with E-state index in [-0.39, 0.29) is 39.9 Å². The molecule has 1 heterocycles. The number of hydrogen-bond donors (Lipinski definition) is 5. The fraction of sp³-hybridized carbons (Fsp3) is 0.129. The summed E-state index contributed by atoms with van der Waals surface area (Å²) in [5.41, 5.74) is 5.37. The highest BCUT2D eigenvalue weighted by molar-refractivity contribution is 7.92. The number of carbonyl (C=O) groups excluding carboxylic acids is 2. The molecule has 0 aliphatic rings. The highest BCUT2D eigenvalue weighted by Crippen LogP contribution is 2.32. The van der Waals surface area contributed by atoms with Crippen LogP contribution in [-0.4, -0.2) is 56.1 Å². The maximum absolute atomic E-state index is 13.2. The number of sulfonamides is 1. The molecule has 0 atom stereocenters. The van der Waals surface area contributed by atoms with Crippen LogP contribution in [0.15, 0.2) is 83.8 Å². The van der Waals surface area contributed by atoms with Crippen LogP contribution in [0.4, 0.5) is 17.1 Å². The molecule has 238 valence electrons. The van der Waals surface area contributed by atoms with Gasteiger partial charge >= 0.3 is 0 Å². The van der Waals surface area contributed by atoms with Crippen LogP contribution in [0.2, 0.25) is 10.0 Å². The number of ether oxygens (including phenoxy) is 1. The molecule has 12 nitrogen and oxygen atoms in total. The first-order chi connectivity index (χ1) is 21.9. The van der Waals surface area contributed by atoms with Crippen LogP contribution in [0.25, 0.3) is 22.4 Å². The summed E-state index contributed by atoms with van der Waals surface area (Å²) in [7, 11) is -0.166. The quantitative estimate of drug-likeness (QED) is 0.0844. The number of benzene rings is 4. The molecule has 0 radical (unpaired) electrons. The molecular weight excluding hydrogens is 655 g/mol. The molecular formula is C31H28Cl2N6O6S. The smallest absolute Gasteiger partial charge is 0.262 e.